The van der Waals surface area contributed by atoms with Gasteiger partial charge in [-0.15, -0.1) is 11.8 Å². The van der Waals surface area contributed by atoms with Crippen molar-refractivity contribution in [2.75, 3.05) is 16.8 Å². The molecule has 1 heterocycles. The molecule has 0 aliphatic rings. The molecule has 6 nitrogen and oxygen atoms in total. The summed E-state index contributed by atoms with van der Waals surface area (Å²) in [5.74, 6) is 0.357. The minimum atomic E-state index is -0.130. The molecule has 0 unspecified atom stereocenters. The minimum Gasteiger partial charge on any atom is -0.383 e. The number of nitrogens with one attached hydrogen (secondary N) is 1. The van der Waals surface area contributed by atoms with E-state index < -0.39 is 0 Å². The Labute approximate surface area is 179 Å². The molecule has 0 bridgehead atoms. The first-order chi connectivity index (χ1) is 14.5. The summed E-state index contributed by atoms with van der Waals surface area (Å²) in [7, 11) is 0. The number of nitrogen functional groups attached to an aromatic ring is 1. The standard InChI is InChI=1S/C23H19N5OS/c1-15-7-9-17(10-8-15)27-20(29)11-12-30-23-19(14-25)21(16-5-3-2-4-6-16)18(13-24)22(26)28-23/h2-10H,11-12H2,1H3,(H2,26,28)(H,27,29). The molecule has 148 valence electrons. The van der Waals surface area contributed by atoms with E-state index in [0.29, 0.717) is 16.3 Å². The third-order valence-corrected chi connectivity index (χ3v) is 5.36. The van der Waals surface area contributed by atoms with E-state index in [1.807, 2.05) is 61.5 Å². The van der Waals surface area contributed by atoms with Gasteiger partial charge in [0.05, 0.1) is 5.56 Å². The summed E-state index contributed by atoms with van der Waals surface area (Å²) in [6, 6.07) is 20.9. The third kappa shape index (κ3) is 4.78. The van der Waals surface area contributed by atoms with Crippen LogP contribution in [0.5, 0.6) is 0 Å². The fourth-order valence-electron chi connectivity index (χ4n) is 2.90. The first-order valence-corrected chi connectivity index (χ1v) is 10.2. The summed E-state index contributed by atoms with van der Waals surface area (Å²) in [6.45, 7) is 1.98. The van der Waals surface area contributed by atoms with Crippen LogP contribution in [0.3, 0.4) is 0 Å². The maximum Gasteiger partial charge on any atom is 0.225 e. The zero-order chi connectivity index (χ0) is 21.5. The largest absolute Gasteiger partial charge is 0.383 e. The number of carbonyl (C=O) groups excluding carboxylic acids is 1. The second-order valence-corrected chi connectivity index (χ2v) is 7.61. The van der Waals surface area contributed by atoms with Gasteiger partial charge in [-0.1, -0.05) is 48.0 Å². The number of pyridine rings is 1. The number of amides is 1. The highest BCUT2D eigenvalue weighted by atomic mass is 32.2. The lowest BCUT2D eigenvalue weighted by molar-refractivity contribution is -0.115. The molecule has 1 amide bonds. The lowest BCUT2D eigenvalue weighted by Crippen LogP contribution is -2.12. The van der Waals surface area contributed by atoms with Crippen LogP contribution in [-0.2, 0) is 4.79 Å². The van der Waals surface area contributed by atoms with Crippen LogP contribution in [0.2, 0.25) is 0 Å². The van der Waals surface area contributed by atoms with E-state index in [0.717, 1.165) is 16.8 Å². The van der Waals surface area contributed by atoms with Gasteiger partial charge in [0.2, 0.25) is 5.91 Å². The molecule has 3 N–H and O–H groups in total. The van der Waals surface area contributed by atoms with E-state index in [2.05, 4.69) is 22.4 Å². The van der Waals surface area contributed by atoms with Crippen molar-refractivity contribution in [1.29, 1.82) is 10.5 Å². The molecular weight excluding hydrogens is 394 g/mol. The molecule has 0 saturated carbocycles. The Balaban J connectivity index is 1.79. The average Bonchev–Trinajstić information content (AvgIpc) is 2.75. The van der Waals surface area contributed by atoms with Gasteiger partial charge in [0, 0.05) is 23.4 Å². The summed E-state index contributed by atoms with van der Waals surface area (Å²) >= 11 is 1.27. The number of nitriles is 2. The molecule has 3 rings (SSSR count). The lowest BCUT2D eigenvalue weighted by atomic mass is 9.97. The molecule has 0 radical (unpaired) electrons. The highest BCUT2D eigenvalue weighted by molar-refractivity contribution is 7.99. The topological polar surface area (TPSA) is 116 Å². The monoisotopic (exact) mass is 413 g/mol. The van der Waals surface area contributed by atoms with Crippen molar-refractivity contribution in [1.82, 2.24) is 4.98 Å². The Bertz CT molecular complexity index is 1150. The SMILES string of the molecule is Cc1ccc(NC(=O)CCSc2nc(N)c(C#N)c(-c3ccccc3)c2C#N)cc1. The van der Waals surface area contributed by atoms with Crippen LogP contribution in [0, 0.1) is 29.6 Å². The predicted octanol–water partition coefficient (Wildman–Crippen LogP) is 4.50. The Hall–Kier alpha value is -3.81. The summed E-state index contributed by atoms with van der Waals surface area (Å²) in [5.41, 5.74) is 9.52. The normalized spacial score (nSPS) is 10.1. The zero-order valence-electron chi connectivity index (χ0n) is 16.3. The Morgan fingerprint density at radius 3 is 2.37 bits per heavy atom. The van der Waals surface area contributed by atoms with E-state index in [4.69, 9.17) is 5.73 Å². The van der Waals surface area contributed by atoms with Crippen LogP contribution in [-0.4, -0.2) is 16.6 Å². The van der Waals surface area contributed by atoms with E-state index >= 15 is 0 Å². The average molecular weight is 414 g/mol. The maximum atomic E-state index is 12.2. The van der Waals surface area contributed by atoms with Crippen LogP contribution in [0.4, 0.5) is 11.5 Å². The fraction of sp³-hybridized carbons (Fsp3) is 0.130. The molecule has 30 heavy (non-hydrogen) atoms. The van der Waals surface area contributed by atoms with Gasteiger partial charge >= 0.3 is 0 Å². The van der Waals surface area contributed by atoms with Gasteiger partial charge in [-0.05, 0) is 24.6 Å². The van der Waals surface area contributed by atoms with Crippen LogP contribution < -0.4 is 11.1 Å². The van der Waals surface area contributed by atoms with E-state index in [1.165, 1.54) is 11.8 Å². The molecule has 0 aliphatic carbocycles. The summed E-state index contributed by atoms with van der Waals surface area (Å²) in [4.78, 5) is 16.5. The molecular formula is C23H19N5OS. The van der Waals surface area contributed by atoms with Crippen LogP contribution in [0.25, 0.3) is 11.1 Å². The molecule has 0 aliphatic heterocycles. The number of hydrogen-bond donors (Lipinski definition) is 2. The fourth-order valence-corrected chi connectivity index (χ4v) is 3.83. The van der Waals surface area contributed by atoms with Crippen molar-refractivity contribution < 1.29 is 4.79 Å². The van der Waals surface area contributed by atoms with Gasteiger partial charge in [-0.2, -0.15) is 10.5 Å². The molecule has 3 aromatic rings. The highest BCUT2D eigenvalue weighted by Crippen LogP contribution is 2.35. The number of hydrogen-bond acceptors (Lipinski definition) is 6. The van der Waals surface area contributed by atoms with E-state index in [9.17, 15) is 15.3 Å². The number of benzene rings is 2. The lowest BCUT2D eigenvalue weighted by Gasteiger charge is -2.13. The van der Waals surface area contributed by atoms with Gasteiger partial charge in [-0.3, -0.25) is 4.79 Å². The van der Waals surface area contributed by atoms with Gasteiger partial charge in [-0.25, -0.2) is 4.98 Å². The molecule has 2 aromatic carbocycles. The smallest absolute Gasteiger partial charge is 0.225 e. The zero-order valence-corrected chi connectivity index (χ0v) is 17.2. The second kappa shape index (κ2) is 9.60. The Morgan fingerprint density at radius 1 is 1.07 bits per heavy atom. The van der Waals surface area contributed by atoms with Crippen molar-refractivity contribution in [2.45, 2.75) is 18.4 Å². The first-order valence-electron chi connectivity index (χ1n) is 9.22. The quantitative estimate of drug-likeness (QED) is 0.575. The third-order valence-electron chi connectivity index (χ3n) is 4.38. The highest BCUT2D eigenvalue weighted by Gasteiger charge is 2.20. The van der Waals surface area contributed by atoms with Crippen LogP contribution >= 0.6 is 11.8 Å². The number of aromatic nitrogens is 1. The number of thioether (sulfide) groups is 1. The summed E-state index contributed by atoms with van der Waals surface area (Å²) < 4.78 is 0. The summed E-state index contributed by atoms with van der Waals surface area (Å²) in [5, 5.41) is 22.6. The Morgan fingerprint density at radius 2 is 1.73 bits per heavy atom. The molecule has 0 atom stereocenters. The number of aryl methyl sites for hydroxylation is 1. The second-order valence-electron chi connectivity index (χ2n) is 6.53. The van der Waals surface area contributed by atoms with E-state index in [-0.39, 0.29) is 29.3 Å². The van der Waals surface area contributed by atoms with Crippen molar-refractivity contribution in [3.05, 3.63) is 71.3 Å². The number of rotatable bonds is 6. The van der Waals surface area contributed by atoms with Crippen molar-refractivity contribution in [2.24, 2.45) is 0 Å². The molecule has 7 heteroatoms. The van der Waals surface area contributed by atoms with Crippen molar-refractivity contribution >= 4 is 29.2 Å². The van der Waals surface area contributed by atoms with Crippen LogP contribution in [0.1, 0.15) is 23.1 Å². The molecule has 0 fully saturated rings. The van der Waals surface area contributed by atoms with Crippen molar-refractivity contribution in [3.63, 3.8) is 0 Å². The summed E-state index contributed by atoms with van der Waals surface area (Å²) in [6.07, 6.45) is 0.242. The predicted molar refractivity (Wildman–Crippen MR) is 119 cm³/mol. The van der Waals surface area contributed by atoms with Gasteiger partial charge in [0.25, 0.3) is 0 Å². The van der Waals surface area contributed by atoms with Gasteiger partial charge in [0.1, 0.15) is 28.5 Å². The van der Waals surface area contributed by atoms with Crippen LogP contribution in [0.15, 0.2) is 59.6 Å². The number of nitrogens with zero attached hydrogens (tertiary/aromatic N) is 3. The van der Waals surface area contributed by atoms with Crippen molar-refractivity contribution in [3.8, 4) is 23.3 Å². The minimum absolute atomic E-state index is 0.0713. The van der Waals surface area contributed by atoms with E-state index in [1.54, 1.807) is 0 Å². The Kier molecular flexibility index (Phi) is 6.69. The molecule has 0 saturated heterocycles. The molecule has 1 aromatic heterocycles. The maximum absolute atomic E-state index is 12.2. The van der Waals surface area contributed by atoms with Gasteiger partial charge in [0.15, 0.2) is 0 Å². The number of nitrogens with two attached hydrogens (primary N) is 1. The molecule has 0 spiro atoms. The number of carbonyl (C=O) groups is 1. The first kappa shape index (κ1) is 20.9. The number of anilines is 2. The van der Waals surface area contributed by atoms with Gasteiger partial charge < -0.3 is 11.1 Å².